The number of para-hydroxylation sites is 2. The first-order chi connectivity index (χ1) is 17.4. The van der Waals surface area contributed by atoms with Crippen molar-refractivity contribution in [1.29, 1.82) is 0 Å². The summed E-state index contributed by atoms with van der Waals surface area (Å²) in [4.78, 5) is 34.0. The van der Waals surface area contributed by atoms with Gasteiger partial charge in [-0.25, -0.2) is 0 Å². The fraction of sp³-hybridized carbons (Fsp3) is 0.467. The lowest BCUT2D eigenvalue weighted by atomic mass is 10.0. The molecule has 0 aliphatic carbocycles. The van der Waals surface area contributed by atoms with Crippen LogP contribution in [0.3, 0.4) is 0 Å². The largest absolute Gasteiger partial charge is 0.361 e. The lowest BCUT2D eigenvalue weighted by molar-refractivity contribution is -0.133. The van der Waals surface area contributed by atoms with E-state index in [2.05, 4.69) is 24.9 Å². The maximum atomic E-state index is 13.7. The molecule has 3 aromatic rings. The van der Waals surface area contributed by atoms with Crippen molar-refractivity contribution in [3.05, 3.63) is 65.9 Å². The average molecular weight is 489 g/mol. The van der Waals surface area contributed by atoms with Crippen molar-refractivity contribution in [2.24, 2.45) is 11.7 Å². The third-order valence-electron chi connectivity index (χ3n) is 7.08. The van der Waals surface area contributed by atoms with Crippen LogP contribution in [-0.4, -0.2) is 40.8 Å². The molecule has 0 saturated heterocycles. The molecule has 6 heteroatoms. The van der Waals surface area contributed by atoms with Gasteiger partial charge in [-0.2, -0.15) is 0 Å². The second kappa shape index (κ2) is 12.2. The summed E-state index contributed by atoms with van der Waals surface area (Å²) in [5.74, 6) is 0.419. The van der Waals surface area contributed by atoms with E-state index in [0.29, 0.717) is 31.8 Å². The fourth-order valence-electron chi connectivity index (χ4n) is 5.18. The standard InChI is InChI=1S/C30H40N4O2/c1-22(2)18-29(35)34-17-11-5-3-4-10-16-33(21-23-12-6-9-15-28(23)34)30(36)26(31)19-24-20-32-27-14-8-7-13-25(24)27/h6-9,12-15,20,22,26,32H,3-5,10-11,16-19,21,31H2,1-2H3/t26-/m1/s1. The average Bonchev–Trinajstić information content (AvgIpc) is 3.26. The Balaban J connectivity index is 1.58. The highest BCUT2D eigenvalue weighted by molar-refractivity contribution is 5.94. The second-order valence-corrected chi connectivity index (χ2v) is 10.5. The van der Waals surface area contributed by atoms with Crippen molar-refractivity contribution in [3.63, 3.8) is 0 Å². The Kier molecular flexibility index (Phi) is 8.81. The van der Waals surface area contributed by atoms with Crippen LogP contribution in [-0.2, 0) is 22.6 Å². The van der Waals surface area contributed by atoms with Crippen LogP contribution in [0.4, 0.5) is 5.69 Å². The number of aromatic amines is 1. The first-order valence-electron chi connectivity index (χ1n) is 13.4. The van der Waals surface area contributed by atoms with E-state index in [0.717, 1.165) is 66.4 Å². The molecule has 192 valence electrons. The topological polar surface area (TPSA) is 82.4 Å². The molecule has 3 N–H and O–H groups in total. The molecule has 2 aromatic carbocycles. The number of anilines is 1. The Hall–Kier alpha value is -3.12. The second-order valence-electron chi connectivity index (χ2n) is 10.5. The molecule has 0 fully saturated rings. The smallest absolute Gasteiger partial charge is 0.240 e. The number of hydrogen-bond acceptors (Lipinski definition) is 3. The highest BCUT2D eigenvalue weighted by Crippen LogP contribution is 2.26. The zero-order valence-electron chi connectivity index (χ0n) is 21.7. The van der Waals surface area contributed by atoms with E-state index in [1.165, 1.54) is 0 Å². The lowest BCUT2D eigenvalue weighted by Gasteiger charge is -2.31. The quantitative estimate of drug-likeness (QED) is 0.504. The number of benzene rings is 2. The van der Waals surface area contributed by atoms with Crippen LogP contribution in [0, 0.1) is 5.92 Å². The molecule has 6 nitrogen and oxygen atoms in total. The summed E-state index contributed by atoms with van der Waals surface area (Å²) in [6.07, 6.45) is 8.19. The summed E-state index contributed by atoms with van der Waals surface area (Å²) in [6, 6.07) is 15.5. The molecule has 0 bridgehead atoms. The predicted molar refractivity (Wildman–Crippen MR) is 147 cm³/mol. The Morgan fingerprint density at radius 2 is 1.64 bits per heavy atom. The number of nitrogens with one attached hydrogen (secondary N) is 1. The van der Waals surface area contributed by atoms with Crippen LogP contribution in [0.25, 0.3) is 10.9 Å². The van der Waals surface area contributed by atoms with E-state index in [1.54, 1.807) is 0 Å². The maximum Gasteiger partial charge on any atom is 0.240 e. The summed E-state index contributed by atoms with van der Waals surface area (Å²) in [5, 5.41) is 1.11. The van der Waals surface area contributed by atoms with Gasteiger partial charge in [0.25, 0.3) is 0 Å². The predicted octanol–water partition coefficient (Wildman–Crippen LogP) is 5.41. The minimum Gasteiger partial charge on any atom is -0.361 e. The zero-order chi connectivity index (χ0) is 25.5. The van der Waals surface area contributed by atoms with Gasteiger partial charge < -0.3 is 20.5 Å². The van der Waals surface area contributed by atoms with E-state index in [-0.39, 0.29) is 11.8 Å². The van der Waals surface area contributed by atoms with Gasteiger partial charge in [0.05, 0.1) is 6.04 Å². The Morgan fingerprint density at radius 1 is 0.944 bits per heavy atom. The Labute approximate surface area is 214 Å². The van der Waals surface area contributed by atoms with E-state index in [9.17, 15) is 9.59 Å². The summed E-state index contributed by atoms with van der Waals surface area (Å²) in [5.41, 5.74) is 10.6. The molecule has 4 rings (SSSR count). The first kappa shape index (κ1) is 26.0. The maximum absolute atomic E-state index is 13.7. The van der Waals surface area contributed by atoms with E-state index in [1.807, 2.05) is 58.5 Å². The molecule has 0 saturated carbocycles. The van der Waals surface area contributed by atoms with Gasteiger partial charge in [-0.3, -0.25) is 9.59 Å². The molecule has 2 amide bonds. The van der Waals surface area contributed by atoms with E-state index >= 15 is 0 Å². The minimum absolute atomic E-state index is 0.0350. The number of rotatable bonds is 5. The van der Waals surface area contributed by atoms with Gasteiger partial charge >= 0.3 is 0 Å². The molecule has 36 heavy (non-hydrogen) atoms. The molecule has 0 radical (unpaired) electrons. The third-order valence-corrected chi connectivity index (χ3v) is 7.08. The third kappa shape index (κ3) is 6.35. The van der Waals surface area contributed by atoms with Gasteiger partial charge in [-0.1, -0.05) is 69.5 Å². The van der Waals surface area contributed by atoms with Crippen molar-refractivity contribution in [2.45, 2.75) is 71.4 Å². The van der Waals surface area contributed by atoms with Crippen LogP contribution < -0.4 is 10.6 Å². The van der Waals surface area contributed by atoms with Gasteiger partial charge in [0.1, 0.15) is 0 Å². The molecule has 0 unspecified atom stereocenters. The SMILES string of the molecule is CC(C)CC(=O)N1CCCCCCCN(C(=O)[C@H](N)Cc2c[nH]c3ccccc23)Cc2ccccc21. The van der Waals surface area contributed by atoms with E-state index < -0.39 is 6.04 Å². The van der Waals surface area contributed by atoms with Crippen LogP contribution in [0.5, 0.6) is 0 Å². The summed E-state index contributed by atoms with van der Waals surface area (Å²) in [7, 11) is 0. The lowest BCUT2D eigenvalue weighted by Crippen LogP contribution is -2.45. The summed E-state index contributed by atoms with van der Waals surface area (Å²) < 4.78 is 0. The number of amides is 2. The molecule has 1 atom stereocenters. The summed E-state index contributed by atoms with van der Waals surface area (Å²) >= 11 is 0. The first-order valence-corrected chi connectivity index (χ1v) is 13.4. The van der Waals surface area contributed by atoms with Crippen molar-refractivity contribution >= 4 is 28.4 Å². The molecule has 2 heterocycles. The molecule has 0 spiro atoms. The molecule has 1 aromatic heterocycles. The number of carbonyl (C=O) groups is 2. The van der Waals surface area contributed by atoms with Gasteiger partial charge in [-0.05, 0) is 48.4 Å². The number of aromatic nitrogens is 1. The zero-order valence-corrected chi connectivity index (χ0v) is 21.7. The Bertz CT molecular complexity index is 1170. The number of carbonyl (C=O) groups excluding carboxylic acids is 2. The van der Waals surface area contributed by atoms with Gasteiger partial charge in [0, 0.05) is 48.8 Å². The number of hydrogen-bond donors (Lipinski definition) is 2. The fourth-order valence-corrected chi connectivity index (χ4v) is 5.18. The van der Waals surface area contributed by atoms with Gasteiger partial charge in [0.2, 0.25) is 11.8 Å². The molecular formula is C30H40N4O2. The van der Waals surface area contributed by atoms with Crippen LogP contribution in [0.2, 0.25) is 0 Å². The molecule has 1 aliphatic heterocycles. The number of fused-ring (bicyclic) bond motifs is 2. The highest BCUT2D eigenvalue weighted by atomic mass is 16.2. The highest BCUT2D eigenvalue weighted by Gasteiger charge is 2.25. The van der Waals surface area contributed by atoms with Crippen LogP contribution in [0.1, 0.15) is 63.5 Å². The van der Waals surface area contributed by atoms with Crippen molar-refractivity contribution in [2.75, 3.05) is 18.0 Å². The normalized spacial score (nSPS) is 16.3. The van der Waals surface area contributed by atoms with Crippen LogP contribution >= 0.6 is 0 Å². The molecule has 1 aliphatic rings. The minimum atomic E-state index is -0.622. The number of nitrogens with two attached hydrogens (primary N) is 1. The number of H-pyrrole nitrogens is 1. The number of nitrogens with zero attached hydrogens (tertiary/aromatic N) is 2. The van der Waals surface area contributed by atoms with Gasteiger partial charge in [0.15, 0.2) is 0 Å². The van der Waals surface area contributed by atoms with E-state index in [4.69, 9.17) is 5.73 Å². The van der Waals surface area contributed by atoms with Crippen molar-refractivity contribution in [1.82, 2.24) is 9.88 Å². The monoisotopic (exact) mass is 488 g/mol. The van der Waals surface area contributed by atoms with Crippen LogP contribution in [0.15, 0.2) is 54.7 Å². The summed E-state index contributed by atoms with van der Waals surface area (Å²) in [6.45, 7) is 6.01. The van der Waals surface area contributed by atoms with Crippen molar-refractivity contribution < 1.29 is 9.59 Å². The van der Waals surface area contributed by atoms with Gasteiger partial charge in [-0.15, -0.1) is 0 Å². The van der Waals surface area contributed by atoms with Crippen molar-refractivity contribution in [3.8, 4) is 0 Å². The Morgan fingerprint density at radius 3 is 2.44 bits per heavy atom. The molecular weight excluding hydrogens is 448 g/mol.